The highest BCUT2D eigenvalue weighted by atomic mass is 32.2. The molecular formula is C26H28N4O3S2. The Morgan fingerprint density at radius 2 is 2.00 bits per heavy atom. The fourth-order valence-electron chi connectivity index (χ4n) is 4.60. The van der Waals surface area contributed by atoms with Crippen LogP contribution in [0.4, 0.5) is 5.00 Å². The van der Waals surface area contributed by atoms with Crippen LogP contribution in [0.25, 0.3) is 0 Å². The molecule has 1 atom stereocenters. The number of thiophene rings is 1. The molecule has 0 aliphatic carbocycles. The maximum absolute atomic E-state index is 12.9. The van der Waals surface area contributed by atoms with Gasteiger partial charge in [-0.15, -0.1) is 11.3 Å². The maximum Gasteiger partial charge on any atom is 0.229 e. The molecule has 2 aromatic carbocycles. The van der Waals surface area contributed by atoms with E-state index < -0.39 is 11.0 Å². The summed E-state index contributed by atoms with van der Waals surface area (Å²) in [4.78, 5) is 16.8. The van der Waals surface area contributed by atoms with Gasteiger partial charge >= 0.3 is 0 Å². The van der Waals surface area contributed by atoms with Gasteiger partial charge in [-0.2, -0.15) is 5.26 Å². The highest BCUT2D eigenvalue weighted by Gasteiger charge is 2.39. The second-order valence-electron chi connectivity index (χ2n) is 8.94. The number of hydrogen-bond acceptors (Lipinski definition) is 6. The largest absolute Gasteiger partial charge is 0.495 e. The number of amides is 1. The van der Waals surface area contributed by atoms with Crippen LogP contribution in [0, 0.1) is 11.3 Å². The number of fused-ring (bicyclic) bond motifs is 1. The Hall–Kier alpha value is -3.03. The van der Waals surface area contributed by atoms with E-state index in [0.29, 0.717) is 26.8 Å². The first-order valence-electron chi connectivity index (χ1n) is 11.2. The lowest BCUT2D eigenvalue weighted by atomic mass is 9.85. The van der Waals surface area contributed by atoms with E-state index in [0.717, 1.165) is 30.0 Å². The maximum atomic E-state index is 12.9. The lowest BCUT2D eigenvalue weighted by molar-refractivity contribution is -0.115. The molecule has 0 spiro atoms. The first-order valence-corrected chi connectivity index (χ1v) is 13.3. The normalized spacial score (nSPS) is 15.6. The number of carbonyl (C=O) groups is 1. The minimum Gasteiger partial charge on any atom is -0.495 e. The number of rotatable bonds is 7. The molecule has 0 bridgehead atoms. The van der Waals surface area contributed by atoms with Crippen LogP contribution in [0.3, 0.4) is 0 Å². The molecule has 0 fully saturated rings. The number of nitriles is 1. The highest BCUT2D eigenvalue weighted by molar-refractivity contribution is 7.82. The summed E-state index contributed by atoms with van der Waals surface area (Å²) in [5.74, 6) is 0.142. The van der Waals surface area contributed by atoms with Gasteiger partial charge in [0.1, 0.15) is 27.8 Å². The number of anilines is 1. The quantitative estimate of drug-likeness (QED) is 0.500. The predicted octanol–water partition coefficient (Wildman–Crippen LogP) is 4.08. The molecule has 7 nitrogen and oxygen atoms in total. The van der Waals surface area contributed by atoms with E-state index >= 15 is 0 Å². The van der Waals surface area contributed by atoms with E-state index in [2.05, 4.69) is 42.3 Å². The number of benzene rings is 2. The number of methoxy groups -OCH3 is 1. The standard InChI is InChI=1S/C26H28N4O3S2/c1-26(2)24-19(15-27)25(34-21(24)11-12-30(26)16-17-7-5-4-6-8-17)29-23(31)14-18-9-10-22(35(28)32)20(13-18)33-3/h4-10,13H,11-12,14,16,28H2,1-3H3,(H,29,31). The summed E-state index contributed by atoms with van der Waals surface area (Å²) in [5.41, 5.74) is 3.11. The Kier molecular flexibility index (Phi) is 7.38. The molecule has 35 heavy (non-hydrogen) atoms. The number of nitrogens with one attached hydrogen (secondary N) is 1. The van der Waals surface area contributed by atoms with Gasteiger partial charge in [-0.1, -0.05) is 36.4 Å². The van der Waals surface area contributed by atoms with Crippen molar-refractivity contribution >= 4 is 33.2 Å². The van der Waals surface area contributed by atoms with Crippen LogP contribution in [-0.4, -0.2) is 28.7 Å². The molecular weight excluding hydrogens is 480 g/mol. The highest BCUT2D eigenvalue weighted by Crippen LogP contribution is 2.45. The Morgan fingerprint density at radius 3 is 2.66 bits per heavy atom. The van der Waals surface area contributed by atoms with Gasteiger partial charge in [0.25, 0.3) is 0 Å². The average Bonchev–Trinajstić information content (AvgIpc) is 3.19. The summed E-state index contributed by atoms with van der Waals surface area (Å²) in [6, 6.07) is 17.6. The zero-order valence-electron chi connectivity index (χ0n) is 20.0. The molecule has 1 aliphatic heterocycles. The number of ether oxygens (including phenoxy) is 1. The van der Waals surface area contributed by atoms with Crippen molar-refractivity contribution in [2.45, 2.75) is 43.7 Å². The Bertz CT molecular complexity index is 1310. The molecule has 0 radical (unpaired) electrons. The molecule has 0 saturated heterocycles. The van der Waals surface area contributed by atoms with Crippen molar-refractivity contribution in [2.75, 3.05) is 19.0 Å². The van der Waals surface area contributed by atoms with E-state index in [1.165, 1.54) is 24.0 Å². The first-order chi connectivity index (χ1) is 16.7. The summed E-state index contributed by atoms with van der Waals surface area (Å²) in [6.07, 6.45) is 0.917. The van der Waals surface area contributed by atoms with Gasteiger partial charge in [0.05, 0.1) is 24.0 Å². The van der Waals surface area contributed by atoms with Crippen molar-refractivity contribution in [1.82, 2.24) is 4.90 Å². The van der Waals surface area contributed by atoms with Gasteiger partial charge in [-0.05, 0) is 43.5 Å². The molecule has 1 unspecified atom stereocenters. The minimum atomic E-state index is -1.68. The Balaban J connectivity index is 1.55. The van der Waals surface area contributed by atoms with Crippen molar-refractivity contribution in [3.05, 3.63) is 75.7 Å². The molecule has 9 heteroatoms. The van der Waals surface area contributed by atoms with Gasteiger partial charge in [-0.3, -0.25) is 9.69 Å². The van der Waals surface area contributed by atoms with Gasteiger partial charge in [-0.25, -0.2) is 9.35 Å². The summed E-state index contributed by atoms with van der Waals surface area (Å²) >= 11 is 1.49. The van der Waals surface area contributed by atoms with E-state index in [9.17, 15) is 14.3 Å². The number of hydrogen-bond donors (Lipinski definition) is 2. The van der Waals surface area contributed by atoms with E-state index in [1.54, 1.807) is 18.2 Å². The third-order valence-corrected chi connectivity index (χ3v) is 8.32. The average molecular weight is 509 g/mol. The van der Waals surface area contributed by atoms with Gasteiger partial charge in [0.15, 0.2) is 0 Å². The molecule has 1 amide bonds. The van der Waals surface area contributed by atoms with Crippen molar-refractivity contribution in [2.24, 2.45) is 5.14 Å². The Labute approximate surface area is 212 Å². The van der Waals surface area contributed by atoms with Crippen LogP contribution < -0.4 is 15.2 Å². The minimum absolute atomic E-state index is 0.0881. The van der Waals surface area contributed by atoms with Crippen LogP contribution in [0.1, 0.15) is 41.0 Å². The zero-order chi connectivity index (χ0) is 25.2. The van der Waals surface area contributed by atoms with Gasteiger partial charge in [0.2, 0.25) is 5.91 Å². The fraction of sp³-hybridized carbons (Fsp3) is 0.308. The molecule has 0 saturated carbocycles. The summed E-state index contributed by atoms with van der Waals surface area (Å²) in [5, 5.41) is 19.1. The van der Waals surface area contributed by atoms with Gasteiger partial charge < -0.3 is 10.1 Å². The molecule has 3 aromatic rings. The van der Waals surface area contributed by atoms with Crippen molar-refractivity contribution in [3.63, 3.8) is 0 Å². The second kappa shape index (κ2) is 10.3. The van der Waals surface area contributed by atoms with Crippen molar-refractivity contribution in [1.29, 1.82) is 5.26 Å². The SMILES string of the molecule is COc1cc(CC(=O)Nc2sc3c(c2C#N)C(C)(C)N(Cc2ccccc2)CC3)ccc1S(N)=O. The van der Waals surface area contributed by atoms with Crippen molar-refractivity contribution < 1.29 is 13.7 Å². The fourth-order valence-corrected chi connectivity index (χ4v) is 6.45. The van der Waals surface area contributed by atoms with E-state index in [4.69, 9.17) is 9.88 Å². The van der Waals surface area contributed by atoms with Crippen LogP contribution in [0.5, 0.6) is 5.75 Å². The monoisotopic (exact) mass is 508 g/mol. The van der Waals surface area contributed by atoms with E-state index in [-0.39, 0.29) is 17.9 Å². The molecule has 182 valence electrons. The summed E-state index contributed by atoms with van der Waals surface area (Å²) in [6.45, 7) is 5.95. The van der Waals surface area contributed by atoms with E-state index in [1.807, 2.05) is 18.2 Å². The predicted molar refractivity (Wildman–Crippen MR) is 139 cm³/mol. The number of carbonyl (C=O) groups excluding carboxylic acids is 1. The van der Waals surface area contributed by atoms with Crippen LogP contribution >= 0.6 is 11.3 Å². The molecule has 4 rings (SSSR count). The van der Waals surface area contributed by atoms with Crippen LogP contribution in [-0.2, 0) is 40.7 Å². The molecule has 1 aliphatic rings. The number of nitrogens with two attached hydrogens (primary N) is 1. The lowest BCUT2D eigenvalue weighted by Gasteiger charge is -2.43. The van der Waals surface area contributed by atoms with Gasteiger partial charge in [0, 0.05) is 29.1 Å². The topological polar surface area (TPSA) is 108 Å². The van der Waals surface area contributed by atoms with Crippen LogP contribution in [0.15, 0.2) is 53.4 Å². The second-order valence-corrected chi connectivity index (χ2v) is 11.1. The van der Waals surface area contributed by atoms with Crippen LogP contribution in [0.2, 0.25) is 0 Å². The molecule has 2 heterocycles. The molecule has 3 N–H and O–H groups in total. The summed E-state index contributed by atoms with van der Waals surface area (Å²) < 4.78 is 16.9. The first kappa shape index (κ1) is 25.1. The summed E-state index contributed by atoms with van der Waals surface area (Å²) in [7, 11) is -0.215. The zero-order valence-corrected chi connectivity index (χ0v) is 21.6. The third kappa shape index (κ3) is 5.16. The Morgan fingerprint density at radius 1 is 1.26 bits per heavy atom. The van der Waals surface area contributed by atoms with Crippen molar-refractivity contribution in [3.8, 4) is 11.8 Å². The smallest absolute Gasteiger partial charge is 0.229 e. The number of nitrogens with zero attached hydrogens (tertiary/aromatic N) is 2. The molecule has 1 aromatic heterocycles. The lowest BCUT2D eigenvalue weighted by Crippen LogP contribution is -2.46. The third-order valence-electron chi connectivity index (χ3n) is 6.38.